The fraction of sp³-hybridized carbons (Fsp3) is 0.462. The third kappa shape index (κ3) is 3.93. The molecule has 0 heterocycles. The van der Waals surface area contributed by atoms with E-state index in [9.17, 15) is 4.79 Å². The quantitative estimate of drug-likeness (QED) is 0.826. The van der Waals surface area contributed by atoms with Crippen molar-refractivity contribution in [1.29, 1.82) is 0 Å². The summed E-state index contributed by atoms with van der Waals surface area (Å²) < 4.78 is 5.46. The Kier molecular flexibility index (Phi) is 4.83. The van der Waals surface area contributed by atoms with E-state index in [4.69, 9.17) is 4.74 Å². The first kappa shape index (κ1) is 12.6. The van der Waals surface area contributed by atoms with Crippen LogP contribution in [0.4, 0.5) is 0 Å². The predicted molar refractivity (Wildman–Crippen MR) is 64.7 cm³/mol. The zero-order chi connectivity index (χ0) is 12.0. The molecule has 1 aromatic carbocycles. The van der Waals surface area contributed by atoms with Gasteiger partial charge in [-0.15, -0.1) is 0 Å². The molecule has 0 unspecified atom stereocenters. The maximum Gasteiger partial charge on any atom is 0.216 e. The molecule has 0 aliphatic carbocycles. The molecule has 0 saturated heterocycles. The van der Waals surface area contributed by atoms with Crippen molar-refractivity contribution in [3.8, 4) is 5.75 Å². The molecule has 0 saturated carbocycles. The molecule has 3 heteroatoms. The number of benzene rings is 1. The van der Waals surface area contributed by atoms with Crippen LogP contribution in [0.25, 0.3) is 0 Å². The van der Waals surface area contributed by atoms with Crippen LogP contribution in [0, 0.1) is 6.92 Å². The zero-order valence-electron chi connectivity index (χ0n) is 10.2. The van der Waals surface area contributed by atoms with Crippen LogP contribution < -0.4 is 10.1 Å². The molecule has 0 fully saturated rings. The Labute approximate surface area is 96.8 Å². The van der Waals surface area contributed by atoms with Crippen molar-refractivity contribution in [3.05, 3.63) is 29.3 Å². The van der Waals surface area contributed by atoms with Crippen molar-refractivity contribution < 1.29 is 9.53 Å². The largest absolute Gasteiger partial charge is 0.494 e. The fourth-order valence-electron chi connectivity index (χ4n) is 1.57. The van der Waals surface area contributed by atoms with Crippen LogP contribution in [0.5, 0.6) is 5.75 Å². The molecule has 0 spiro atoms. The summed E-state index contributed by atoms with van der Waals surface area (Å²) in [7, 11) is 0. The molecule has 1 rings (SSSR count). The maximum atomic E-state index is 10.7. The van der Waals surface area contributed by atoms with Gasteiger partial charge in [-0.25, -0.2) is 0 Å². The molecule has 0 bridgehead atoms. The first-order chi connectivity index (χ1) is 7.63. The summed E-state index contributed by atoms with van der Waals surface area (Å²) in [6, 6.07) is 6.13. The fourth-order valence-corrected chi connectivity index (χ4v) is 1.57. The molecular formula is C13H19NO2. The van der Waals surface area contributed by atoms with Gasteiger partial charge in [0, 0.05) is 13.5 Å². The van der Waals surface area contributed by atoms with Gasteiger partial charge in [-0.2, -0.15) is 0 Å². The Morgan fingerprint density at radius 2 is 2.19 bits per heavy atom. The van der Waals surface area contributed by atoms with E-state index in [0.29, 0.717) is 13.2 Å². The summed E-state index contributed by atoms with van der Waals surface area (Å²) in [5.41, 5.74) is 2.36. The van der Waals surface area contributed by atoms with E-state index in [0.717, 1.165) is 17.7 Å². The van der Waals surface area contributed by atoms with Gasteiger partial charge >= 0.3 is 0 Å². The van der Waals surface area contributed by atoms with Crippen LogP contribution in [0.15, 0.2) is 18.2 Å². The van der Waals surface area contributed by atoms with E-state index in [1.165, 1.54) is 12.5 Å². The lowest BCUT2D eigenvalue weighted by molar-refractivity contribution is -0.118. The lowest BCUT2D eigenvalue weighted by atomic mass is 10.1. The third-order valence-corrected chi connectivity index (χ3v) is 2.33. The van der Waals surface area contributed by atoms with Crippen LogP contribution in [-0.4, -0.2) is 19.1 Å². The van der Waals surface area contributed by atoms with Crippen LogP contribution in [-0.2, 0) is 11.2 Å². The molecule has 1 amide bonds. The minimum atomic E-state index is 0.0164. The molecule has 1 aromatic rings. The summed E-state index contributed by atoms with van der Waals surface area (Å²) in [5, 5.41) is 2.78. The molecule has 16 heavy (non-hydrogen) atoms. The van der Waals surface area contributed by atoms with E-state index in [1.807, 2.05) is 26.0 Å². The van der Waals surface area contributed by atoms with Crippen LogP contribution in [0.2, 0.25) is 0 Å². The van der Waals surface area contributed by atoms with E-state index in [1.54, 1.807) is 0 Å². The normalized spacial score (nSPS) is 9.94. The monoisotopic (exact) mass is 221 g/mol. The van der Waals surface area contributed by atoms with E-state index >= 15 is 0 Å². The van der Waals surface area contributed by atoms with Crippen molar-refractivity contribution in [2.45, 2.75) is 27.2 Å². The Morgan fingerprint density at radius 1 is 1.44 bits per heavy atom. The number of carbonyl (C=O) groups is 1. The third-order valence-electron chi connectivity index (χ3n) is 2.33. The second kappa shape index (κ2) is 6.16. The summed E-state index contributed by atoms with van der Waals surface area (Å²) in [5.74, 6) is 0.952. The average molecular weight is 221 g/mol. The van der Waals surface area contributed by atoms with Crippen molar-refractivity contribution in [3.63, 3.8) is 0 Å². The second-order valence-corrected chi connectivity index (χ2v) is 3.77. The summed E-state index contributed by atoms with van der Waals surface area (Å²) in [4.78, 5) is 10.7. The number of hydrogen-bond acceptors (Lipinski definition) is 2. The number of amides is 1. The van der Waals surface area contributed by atoms with Gasteiger partial charge in [0.25, 0.3) is 0 Å². The number of rotatable bonds is 5. The topological polar surface area (TPSA) is 38.3 Å². The van der Waals surface area contributed by atoms with Crippen molar-refractivity contribution in [2.24, 2.45) is 0 Å². The van der Waals surface area contributed by atoms with Crippen molar-refractivity contribution in [2.75, 3.05) is 13.2 Å². The van der Waals surface area contributed by atoms with Gasteiger partial charge in [-0.1, -0.05) is 12.1 Å². The molecule has 0 atom stereocenters. The standard InChI is InChI=1S/C13H19NO2/c1-4-16-13-6-5-12(9-10(13)2)7-8-14-11(3)15/h5-6,9H,4,7-8H2,1-3H3,(H,14,15). The van der Waals surface area contributed by atoms with E-state index in [-0.39, 0.29) is 5.91 Å². The SMILES string of the molecule is CCOc1ccc(CCNC(C)=O)cc1C. The predicted octanol–water partition coefficient (Wildman–Crippen LogP) is 2.07. The highest BCUT2D eigenvalue weighted by Gasteiger charge is 2.00. The first-order valence-electron chi connectivity index (χ1n) is 5.60. The minimum absolute atomic E-state index is 0.0164. The molecule has 1 N–H and O–H groups in total. The molecule has 0 aliphatic rings. The van der Waals surface area contributed by atoms with Gasteiger partial charge < -0.3 is 10.1 Å². The Hall–Kier alpha value is -1.51. The summed E-state index contributed by atoms with van der Waals surface area (Å²) >= 11 is 0. The highest BCUT2D eigenvalue weighted by molar-refractivity contribution is 5.72. The molecular weight excluding hydrogens is 202 g/mol. The summed E-state index contributed by atoms with van der Waals surface area (Å²) in [6.45, 7) is 6.91. The van der Waals surface area contributed by atoms with E-state index < -0.39 is 0 Å². The highest BCUT2D eigenvalue weighted by Crippen LogP contribution is 2.19. The van der Waals surface area contributed by atoms with Gasteiger partial charge in [-0.05, 0) is 37.5 Å². The number of hydrogen-bond donors (Lipinski definition) is 1. The number of aryl methyl sites for hydroxylation is 1. The summed E-state index contributed by atoms with van der Waals surface area (Å²) in [6.07, 6.45) is 0.854. The van der Waals surface area contributed by atoms with Crippen molar-refractivity contribution >= 4 is 5.91 Å². The van der Waals surface area contributed by atoms with Gasteiger partial charge in [0.1, 0.15) is 5.75 Å². The van der Waals surface area contributed by atoms with Gasteiger partial charge in [-0.3, -0.25) is 4.79 Å². The van der Waals surface area contributed by atoms with Gasteiger partial charge in [0.2, 0.25) is 5.91 Å². The number of carbonyl (C=O) groups excluding carboxylic acids is 1. The van der Waals surface area contributed by atoms with Gasteiger partial charge in [0.05, 0.1) is 6.61 Å². The average Bonchev–Trinajstić information content (AvgIpc) is 2.21. The molecule has 88 valence electrons. The van der Waals surface area contributed by atoms with Crippen molar-refractivity contribution in [1.82, 2.24) is 5.32 Å². The van der Waals surface area contributed by atoms with Crippen LogP contribution in [0.1, 0.15) is 25.0 Å². The zero-order valence-corrected chi connectivity index (χ0v) is 10.2. The molecule has 0 radical (unpaired) electrons. The number of ether oxygens (including phenoxy) is 1. The highest BCUT2D eigenvalue weighted by atomic mass is 16.5. The molecule has 0 aliphatic heterocycles. The smallest absolute Gasteiger partial charge is 0.216 e. The van der Waals surface area contributed by atoms with Gasteiger partial charge in [0.15, 0.2) is 0 Å². The lowest BCUT2D eigenvalue weighted by Gasteiger charge is -2.09. The Bertz CT molecular complexity index is 361. The Balaban J connectivity index is 2.55. The molecule has 3 nitrogen and oxygen atoms in total. The van der Waals surface area contributed by atoms with E-state index in [2.05, 4.69) is 11.4 Å². The Morgan fingerprint density at radius 3 is 2.75 bits per heavy atom. The van der Waals surface area contributed by atoms with Crippen LogP contribution in [0.3, 0.4) is 0 Å². The molecule has 0 aromatic heterocycles. The second-order valence-electron chi connectivity index (χ2n) is 3.77. The lowest BCUT2D eigenvalue weighted by Crippen LogP contribution is -2.22. The van der Waals surface area contributed by atoms with Crippen LogP contribution >= 0.6 is 0 Å². The first-order valence-corrected chi connectivity index (χ1v) is 5.60. The minimum Gasteiger partial charge on any atom is -0.494 e. The maximum absolute atomic E-state index is 10.7. The number of nitrogens with one attached hydrogen (secondary N) is 1.